The third-order valence-corrected chi connectivity index (χ3v) is 5.77. The van der Waals surface area contributed by atoms with Crippen molar-refractivity contribution in [2.24, 2.45) is 0 Å². The van der Waals surface area contributed by atoms with Gasteiger partial charge >= 0.3 is 0 Å². The van der Waals surface area contributed by atoms with Crippen molar-refractivity contribution in [3.05, 3.63) is 65.4 Å². The molecule has 2 N–H and O–H groups in total. The first-order valence-corrected chi connectivity index (χ1v) is 10.4. The van der Waals surface area contributed by atoms with E-state index in [1.807, 2.05) is 0 Å². The average molecular weight is 421 g/mol. The van der Waals surface area contributed by atoms with Crippen molar-refractivity contribution in [3.8, 4) is 5.75 Å². The standard InChI is InChI=1S/C18H16FN3O4S2/c1-12-10-13(19)2-7-16(12)26-11-17(23)21-14-3-5-15(6-4-14)28(24,25)22-18-20-8-9-27-18/h2-10H,11H2,1H3,(H,20,22)(H,21,23). The quantitative estimate of drug-likeness (QED) is 0.609. The Bertz CT molecular complexity index is 1070. The Balaban J connectivity index is 1.58. The normalized spacial score (nSPS) is 11.1. The molecule has 0 saturated heterocycles. The summed E-state index contributed by atoms with van der Waals surface area (Å²) in [5, 5.41) is 4.53. The number of hydrogen-bond acceptors (Lipinski definition) is 6. The van der Waals surface area contributed by atoms with Crippen LogP contribution in [0.1, 0.15) is 5.56 Å². The first-order chi connectivity index (χ1) is 13.3. The summed E-state index contributed by atoms with van der Waals surface area (Å²) in [4.78, 5) is 15.9. The largest absolute Gasteiger partial charge is 0.483 e. The highest BCUT2D eigenvalue weighted by Gasteiger charge is 2.15. The van der Waals surface area contributed by atoms with Crippen molar-refractivity contribution in [1.29, 1.82) is 0 Å². The van der Waals surface area contributed by atoms with Crippen molar-refractivity contribution in [1.82, 2.24) is 4.98 Å². The van der Waals surface area contributed by atoms with Gasteiger partial charge in [-0.25, -0.2) is 17.8 Å². The molecule has 0 radical (unpaired) electrons. The minimum absolute atomic E-state index is 0.0406. The van der Waals surface area contributed by atoms with Crippen LogP contribution in [0, 0.1) is 12.7 Å². The molecule has 7 nitrogen and oxygen atoms in total. The molecule has 0 aliphatic carbocycles. The molecule has 0 atom stereocenters. The summed E-state index contributed by atoms with van der Waals surface area (Å²) in [5.41, 5.74) is 0.993. The number of ether oxygens (including phenoxy) is 1. The van der Waals surface area contributed by atoms with Crippen LogP contribution in [0.4, 0.5) is 15.2 Å². The van der Waals surface area contributed by atoms with Crippen LogP contribution in [0.15, 0.2) is 58.9 Å². The summed E-state index contributed by atoms with van der Waals surface area (Å²) in [6, 6.07) is 9.69. The molecular formula is C18H16FN3O4S2. The second-order valence-corrected chi connectivity index (χ2v) is 8.29. The zero-order valence-corrected chi connectivity index (χ0v) is 16.3. The van der Waals surface area contributed by atoms with E-state index >= 15 is 0 Å². The number of nitrogens with zero attached hydrogens (tertiary/aromatic N) is 1. The van der Waals surface area contributed by atoms with Crippen LogP contribution >= 0.6 is 11.3 Å². The van der Waals surface area contributed by atoms with Gasteiger partial charge in [-0.1, -0.05) is 0 Å². The fourth-order valence-electron chi connectivity index (χ4n) is 2.28. The van der Waals surface area contributed by atoms with Gasteiger partial charge in [0.15, 0.2) is 11.7 Å². The highest BCUT2D eigenvalue weighted by Crippen LogP contribution is 2.20. The van der Waals surface area contributed by atoms with E-state index in [-0.39, 0.29) is 22.5 Å². The molecule has 10 heteroatoms. The number of aromatic nitrogens is 1. The Kier molecular flexibility index (Phi) is 5.90. The van der Waals surface area contributed by atoms with Crippen molar-refractivity contribution in [2.45, 2.75) is 11.8 Å². The van der Waals surface area contributed by atoms with Gasteiger partial charge < -0.3 is 10.1 Å². The van der Waals surface area contributed by atoms with Gasteiger partial charge in [0.05, 0.1) is 4.90 Å². The number of aryl methyl sites for hydroxylation is 1. The average Bonchev–Trinajstić information content (AvgIpc) is 3.14. The molecule has 0 spiro atoms. The van der Waals surface area contributed by atoms with Gasteiger partial charge in [0.25, 0.3) is 15.9 Å². The number of anilines is 2. The number of rotatable bonds is 7. The SMILES string of the molecule is Cc1cc(F)ccc1OCC(=O)Nc1ccc(S(=O)(=O)Nc2nccs2)cc1. The van der Waals surface area contributed by atoms with Gasteiger partial charge in [0.2, 0.25) is 0 Å². The molecule has 0 fully saturated rings. The van der Waals surface area contributed by atoms with Crippen molar-refractivity contribution < 1.29 is 22.3 Å². The highest BCUT2D eigenvalue weighted by atomic mass is 32.2. The van der Waals surface area contributed by atoms with Gasteiger partial charge in [-0.2, -0.15) is 0 Å². The van der Waals surface area contributed by atoms with E-state index in [2.05, 4.69) is 15.0 Å². The Morgan fingerprint density at radius 1 is 1.21 bits per heavy atom. The monoisotopic (exact) mass is 421 g/mol. The molecule has 1 amide bonds. The molecule has 0 saturated carbocycles. The summed E-state index contributed by atoms with van der Waals surface area (Å²) in [5.74, 6) is -0.403. The van der Waals surface area contributed by atoms with Crippen LogP contribution in [-0.4, -0.2) is 25.9 Å². The minimum atomic E-state index is -3.75. The molecule has 0 aliphatic heterocycles. The Morgan fingerprint density at radius 3 is 2.61 bits per heavy atom. The lowest BCUT2D eigenvalue weighted by atomic mass is 10.2. The molecule has 28 heavy (non-hydrogen) atoms. The second kappa shape index (κ2) is 8.36. The Hall–Kier alpha value is -2.98. The molecule has 1 aromatic heterocycles. The number of sulfonamides is 1. The highest BCUT2D eigenvalue weighted by molar-refractivity contribution is 7.93. The summed E-state index contributed by atoms with van der Waals surface area (Å²) in [7, 11) is -3.75. The predicted octanol–water partition coefficient (Wildman–Crippen LogP) is 3.41. The molecular weight excluding hydrogens is 405 g/mol. The van der Waals surface area contributed by atoms with E-state index in [9.17, 15) is 17.6 Å². The number of carbonyl (C=O) groups is 1. The maximum atomic E-state index is 13.1. The van der Waals surface area contributed by atoms with Crippen LogP contribution in [0.25, 0.3) is 0 Å². The zero-order chi connectivity index (χ0) is 20.1. The van der Waals surface area contributed by atoms with Gasteiger partial charge in [-0.3, -0.25) is 9.52 Å². The van der Waals surface area contributed by atoms with E-state index in [1.54, 1.807) is 12.3 Å². The summed E-state index contributed by atoms with van der Waals surface area (Å²) < 4.78 is 45.4. The number of hydrogen-bond donors (Lipinski definition) is 2. The topological polar surface area (TPSA) is 97.4 Å². The van der Waals surface area contributed by atoms with E-state index < -0.39 is 15.9 Å². The summed E-state index contributed by atoms with van der Waals surface area (Å²) >= 11 is 1.17. The van der Waals surface area contributed by atoms with Crippen LogP contribution in [0.3, 0.4) is 0 Å². The lowest BCUT2D eigenvalue weighted by Crippen LogP contribution is -2.20. The molecule has 2 aromatic carbocycles. The molecule has 1 heterocycles. The van der Waals surface area contributed by atoms with Gasteiger partial charge in [0.1, 0.15) is 11.6 Å². The maximum Gasteiger partial charge on any atom is 0.263 e. The fraction of sp³-hybridized carbons (Fsp3) is 0.111. The number of thiazole rings is 1. The van der Waals surface area contributed by atoms with Gasteiger partial charge in [-0.15, -0.1) is 11.3 Å². The second-order valence-electron chi connectivity index (χ2n) is 5.71. The smallest absolute Gasteiger partial charge is 0.263 e. The van der Waals surface area contributed by atoms with E-state index in [4.69, 9.17) is 4.74 Å². The third-order valence-electron chi connectivity index (χ3n) is 3.60. The lowest BCUT2D eigenvalue weighted by Gasteiger charge is -2.10. The molecule has 3 aromatic rings. The zero-order valence-electron chi connectivity index (χ0n) is 14.7. The molecule has 0 aliphatic rings. The van der Waals surface area contributed by atoms with Crippen LogP contribution < -0.4 is 14.8 Å². The van der Waals surface area contributed by atoms with Crippen LogP contribution in [0.5, 0.6) is 5.75 Å². The van der Waals surface area contributed by atoms with Crippen LogP contribution in [-0.2, 0) is 14.8 Å². The minimum Gasteiger partial charge on any atom is -0.483 e. The Labute approximate surface area is 165 Å². The van der Waals surface area contributed by atoms with E-state index in [1.165, 1.54) is 60.0 Å². The fourth-order valence-corrected chi connectivity index (χ4v) is 4.07. The number of amides is 1. The summed E-state index contributed by atoms with van der Waals surface area (Å²) in [6.45, 7) is 1.41. The molecule has 0 bridgehead atoms. The van der Waals surface area contributed by atoms with E-state index in [0.717, 1.165) is 0 Å². The molecule has 0 unspecified atom stereocenters. The number of halogens is 1. The van der Waals surface area contributed by atoms with Gasteiger partial charge in [0, 0.05) is 17.3 Å². The summed E-state index contributed by atoms with van der Waals surface area (Å²) in [6.07, 6.45) is 1.50. The van der Waals surface area contributed by atoms with Crippen molar-refractivity contribution in [3.63, 3.8) is 0 Å². The maximum absolute atomic E-state index is 13.1. The number of benzene rings is 2. The Morgan fingerprint density at radius 2 is 1.96 bits per heavy atom. The molecule has 146 valence electrons. The first-order valence-electron chi connectivity index (χ1n) is 8.05. The number of nitrogens with one attached hydrogen (secondary N) is 2. The lowest BCUT2D eigenvalue weighted by molar-refractivity contribution is -0.118. The number of carbonyl (C=O) groups excluding carboxylic acids is 1. The first kappa shape index (κ1) is 19.8. The third kappa shape index (κ3) is 5.05. The van der Waals surface area contributed by atoms with Gasteiger partial charge in [-0.05, 0) is 55.0 Å². The van der Waals surface area contributed by atoms with Crippen LogP contribution in [0.2, 0.25) is 0 Å². The van der Waals surface area contributed by atoms with E-state index in [0.29, 0.717) is 17.0 Å². The van der Waals surface area contributed by atoms with Crippen molar-refractivity contribution in [2.75, 3.05) is 16.6 Å². The molecule has 3 rings (SSSR count). The predicted molar refractivity (Wildman–Crippen MR) is 105 cm³/mol. The van der Waals surface area contributed by atoms with Crippen molar-refractivity contribution >= 4 is 38.1 Å².